The third-order valence-electron chi connectivity index (χ3n) is 3.28. The molecule has 0 heterocycles. The molecule has 0 aliphatic rings. The van der Waals surface area contributed by atoms with Gasteiger partial charge < -0.3 is 10.6 Å². The zero-order chi connectivity index (χ0) is 17.5. The molecule has 2 aromatic rings. The van der Waals surface area contributed by atoms with Crippen molar-refractivity contribution in [2.75, 3.05) is 10.6 Å². The maximum Gasteiger partial charge on any atom is 0.267 e. The monoisotopic (exact) mass is 336 g/mol. The van der Waals surface area contributed by atoms with E-state index in [-0.39, 0.29) is 5.57 Å². The molecule has 0 radical (unpaired) electrons. The number of halogens is 1. The molecule has 2 N–H and O–H groups in total. The fourth-order valence-corrected chi connectivity index (χ4v) is 2.05. The lowest BCUT2D eigenvalue weighted by molar-refractivity contribution is -0.112. The van der Waals surface area contributed by atoms with Crippen molar-refractivity contribution in [2.24, 2.45) is 0 Å². The maximum atomic E-state index is 12.2. The summed E-state index contributed by atoms with van der Waals surface area (Å²) in [4.78, 5) is 12.2. The highest BCUT2D eigenvalue weighted by Gasteiger charge is 2.11. The van der Waals surface area contributed by atoms with Crippen LogP contribution in [-0.2, 0) is 4.79 Å². The summed E-state index contributed by atoms with van der Waals surface area (Å²) in [6.07, 6.45) is 1.32. The van der Waals surface area contributed by atoms with Crippen molar-refractivity contribution < 1.29 is 4.79 Å². The highest BCUT2D eigenvalue weighted by Crippen LogP contribution is 2.23. The third kappa shape index (κ3) is 4.13. The van der Waals surface area contributed by atoms with Crippen LogP contribution in [0.5, 0.6) is 0 Å². The normalized spacial score (nSPS) is 10.4. The Kier molecular flexibility index (Phi) is 5.57. The summed E-state index contributed by atoms with van der Waals surface area (Å²) >= 11 is 6.01. The van der Waals surface area contributed by atoms with Crippen molar-refractivity contribution in [3.05, 3.63) is 70.4 Å². The fourth-order valence-electron chi connectivity index (χ4n) is 1.88. The number of benzene rings is 2. The van der Waals surface area contributed by atoms with Crippen LogP contribution in [0.1, 0.15) is 11.1 Å². The van der Waals surface area contributed by atoms with Crippen LogP contribution in [0.15, 0.2) is 54.2 Å². The molecule has 0 unspecified atom stereocenters. The van der Waals surface area contributed by atoms with E-state index in [1.54, 1.807) is 49.4 Å². The first-order chi connectivity index (χ1) is 11.5. The van der Waals surface area contributed by atoms with Gasteiger partial charge in [-0.15, -0.1) is 0 Å². The minimum Gasteiger partial charge on any atom is -0.360 e. The number of rotatable bonds is 4. The van der Waals surface area contributed by atoms with Gasteiger partial charge in [0.15, 0.2) is 0 Å². The van der Waals surface area contributed by atoms with Gasteiger partial charge in [-0.1, -0.05) is 17.7 Å². The second kappa shape index (κ2) is 7.82. The van der Waals surface area contributed by atoms with E-state index in [1.807, 2.05) is 12.1 Å². The van der Waals surface area contributed by atoms with Crippen molar-refractivity contribution in [1.29, 1.82) is 10.5 Å². The van der Waals surface area contributed by atoms with Crippen molar-refractivity contribution in [3.63, 3.8) is 0 Å². The van der Waals surface area contributed by atoms with E-state index in [9.17, 15) is 10.1 Å². The zero-order valence-electron chi connectivity index (χ0n) is 12.8. The smallest absolute Gasteiger partial charge is 0.267 e. The van der Waals surface area contributed by atoms with Crippen LogP contribution in [0.2, 0.25) is 5.02 Å². The van der Waals surface area contributed by atoms with Gasteiger partial charge in [0, 0.05) is 22.6 Å². The Morgan fingerprint density at radius 1 is 1.17 bits per heavy atom. The highest BCUT2D eigenvalue weighted by molar-refractivity contribution is 6.31. The van der Waals surface area contributed by atoms with Gasteiger partial charge in [0.2, 0.25) is 0 Å². The van der Waals surface area contributed by atoms with E-state index < -0.39 is 5.91 Å². The van der Waals surface area contributed by atoms with Crippen LogP contribution >= 0.6 is 11.6 Å². The van der Waals surface area contributed by atoms with E-state index in [1.165, 1.54) is 6.20 Å². The Bertz CT molecular complexity index is 873. The number of carbonyl (C=O) groups excluding carboxylic acids is 1. The van der Waals surface area contributed by atoms with Gasteiger partial charge in [-0.25, -0.2) is 0 Å². The Balaban J connectivity index is 2.12. The van der Waals surface area contributed by atoms with Gasteiger partial charge in [-0.2, -0.15) is 10.5 Å². The average Bonchev–Trinajstić information content (AvgIpc) is 2.60. The zero-order valence-corrected chi connectivity index (χ0v) is 13.6. The van der Waals surface area contributed by atoms with Crippen LogP contribution in [0.3, 0.4) is 0 Å². The van der Waals surface area contributed by atoms with Gasteiger partial charge in [-0.05, 0) is 48.9 Å². The second-order valence-electron chi connectivity index (χ2n) is 4.87. The number of carbonyl (C=O) groups is 1. The van der Waals surface area contributed by atoms with E-state index in [4.69, 9.17) is 16.9 Å². The first-order valence-electron chi connectivity index (χ1n) is 6.98. The minimum absolute atomic E-state index is 0.0845. The molecule has 1 amide bonds. The van der Waals surface area contributed by atoms with Crippen LogP contribution < -0.4 is 10.6 Å². The molecule has 0 saturated heterocycles. The molecule has 24 heavy (non-hydrogen) atoms. The molecule has 0 fully saturated rings. The number of nitrogens with zero attached hydrogens (tertiary/aromatic N) is 2. The van der Waals surface area contributed by atoms with E-state index in [0.29, 0.717) is 22.0 Å². The van der Waals surface area contributed by atoms with Gasteiger partial charge in [0.05, 0.1) is 11.6 Å². The van der Waals surface area contributed by atoms with Crippen molar-refractivity contribution in [2.45, 2.75) is 6.92 Å². The Morgan fingerprint density at radius 3 is 2.50 bits per heavy atom. The molecule has 0 aromatic heterocycles. The summed E-state index contributed by atoms with van der Waals surface area (Å²) < 4.78 is 0. The summed E-state index contributed by atoms with van der Waals surface area (Å²) in [5, 5.41) is 24.0. The predicted molar refractivity (Wildman–Crippen MR) is 93.3 cm³/mol. The van der Waals surface area contributed by atoms with Crippen LogP contribution in [-0.4, -0.2) is 5.91 Å². The summed E-state index contributed by atoms with van der Waals surface area (Å²) in [6.45, 7) is 1.78. The largest absolute Gasteiger partial charge is 0.360 e. The number of nitrogens with one attached hydrogen (secondary N) is 2. The lowest BCUT2D eigenvalue weighted by atomic mass is 10.2. The quantitative estimate of drug-likeness (QED) is 0.653. The predicted octanol–water partition coefficient (Wildman–Crippen LogP) is 3.98. The van der Waals surface area contributed by atoms with Gasteiger partial charge >= 0.3 is 0 Å². The van der Waals surface area contributed by atoms with Crippen molar-refractivity contribution >= 4 is 28.9 Å². The average molecular weight is 337 g/mol. The van der Waals surface area contributed by atoms with Crippen molar-refractivity contribution in [3.8, 4) is 12.1 Å². The molecule has 0 spiro atoms. The van der Waals surface area contributed by atoms with Gasteiger partial charge in [0.25, 0.3) is 5.91 Å². The maximum absolute atomic E-state index is 12.2. The summed E-state index contributed by atoms with van der Waals surface area (Å²) in [5.74, 6) is -0.538. The molecule has 5 nitrogen and oxygen atoms in total. The summed E-state index contributed by atoms with van der Waals surface area (Å²) in [6, 6.07) is 15.7. The third-order valence-corrected chi connectivity index (χ3v) is 3.69. The van der Waals surface area contributed by atoms with E-state index in [2.05, 4.69) is 10.6 Å². The lowest BCUT2D eigenvalue weighted by Crippen LogP contribution is -2.15. The number of amides is 1. The van der Waals surface area contributed by atoms with Crippen LogP contribution in [0.4, 0.5) is 11.4 Å². The number of hydrogen-bond acceptors (Lipinski definition) is 4. The SMILES string of the molecule is Cc1c(Cl)cccc1NC(=O)/C(C#N)=C\Nc1ccc(C#N)cc1. The van der Waals surface area contributed by atoms with E-state index in [0.717, 1.165) is 5.56 Å². The lowest BCUT2D eigenvalue weighted by Gasteiger charge is -2.09. The highest BCUT2D eigenvalue weighted by atomic mass is 35.5. The fraction of sp³-hybridized carbons (Fsp3) is 0.0556. The Labute approximate surface area is 144 Å². The minimum atomic E-state index is -0.538. The number of hydrogen-bond donors (Lipinski definition) is 2. The Hall–Kier alpha value is -3.28. The number of anilines is 2. The Morgan fingerprint density at radius 2 is 1.88 bits per heavy atom. The molecule has 6 heteroatoms. The van der Waals surface area contributed by atoms with Crippen molar-refractivity contribution in [1.82, 2.24) is 0 Å². The molecule has 0 aliphatic heterocycles. The van der Waals surface area contributed by atoms with Gasteiger partial charge in [-0.3, -0.25) is 4.79 Å². The molecular weight excluding hydrogens is 324 g/mol. The second-order valence-corrected chi connectivity index (χ2v) is 5.28. The molecule has 0 bridgehead atoms. The number of nitriles is 2. The molecular formula is C18H13ClN4O. The molecule has 0 atom stereocenters. The summed E-state index contributed by atoms with van der Waals surface area (Å²) in [5.41, 5.74) is 2.38. The van der Waals surface area contributed by atoms with Crippen LogP contribution in [0.25, 0.3) is 0 Å². The topological polar surface area (TPSA) is 88.7 Å². The first-order valence-corrected chi connectivity index (χ1v) is 7.36. The van der Waals surface area contributed by atoms with Crippen LogP contribution in [0, 0.1) is 29.6 Å². The standard InChI is InChI=1S/C18H13ClN4O/c1-12-16(19)3-2-4-17(12)23-18(24)14(10-21)11-22-15-7-5-13(9-20)6-8-15/h2-8,11,22H,1H3,(H,23,24)/b14-11-. The summed E-state index contributed by atoms with van der Waals surface area (Å²) in [7, 11) is 0. The molecule has 2 aromatic carbocycles. The van der Waals surface area contributed by atoms with E-state index >= 15 is 0 Å². The van der Waals surface area contributed by atoms with Gasteiger partial charge in [0.1, 0.15) is 11.6 Å². The first kappa shape index (κ1) is 17.1. The molecule has 0 saturated carbocycles. The molecule has 118 valence electrons. The molecule has 2 rings (SSSR count). The molecule has 0 aliphatic carbocycles.